The average Bonchev–Trinajstić information content (AvgIpc) is 3.06. The van der Waals surface area contributed by atoms with E-state index in [1.54, 1.807) is 31.3 Å². The quantitative estimate of drug-likeness (QED) is 0.773. The van der Waals surface area contributed by atoms with Crippen LogP contribution in [0.2, 0.25) is 0 Å². The molecular weight excluding hydrogens is 302 g/mol. The standard InChI is InChI=1S/C15H23N3O3S/c1-16-9-8-15(19)17-12-13-4-6-14(7-5-13)22(20,21)18-10-2-3-11-18/h4-7,16H,2-3,8-12H2,1H3,(H,17,19). The summed E-state index contributed by atoms with van der Waals surface area (Å²) in [5.74, 6) is -0.0249. The second kappa shape index (κ2) is 7.71. The van der Waals surface area contributed by atoms with Crippen LogP contribution in [0.25, 0.3) is 0 Å². The van der Waals surface area contributed by atoms with Crippen molar-refractivity contribution in [1.29, 1.82) is 0 Å². The van der Waals surface area contributed by atoms with Gasteiger partial charge >= 0.3 is 0 Å². The minimum Gasteiger partial charge on any atom is -0.352 e. The number of carbonyl (C=O) groups excluding carboxylic acids is 1. The number of amides is 1. The van der Waals surface area contributed by atoms with Crippen LogP contribution in [0.15, 0.2) is 29.2 Å². The van der Waals surface area contributed by atoms with E-state index >= 15 is 0 Å². The molecule has 122 valence electrons. The Morgan fingerprint density at radius 1 is 1.18 bits per heavy atom. The molecule has 0 bridgehead atoms. The van der Waals surface area contributed by atoms with Crippen LogP contribution >= 0.6 is 0 Å². The molecule has 1 aliphatic rings. The van der Waals surface area contributed by atoms with E-state index in [0.717, 1.165) is 18.4 Å². The smallest absolute Gasteiger partial charge is 0.243 e. The van der Waals surface area contributed by atoms with Crippen molar-refractivity contribution in [3.05, 3.63) is 29.8 Å². The van der Waals surface area contributed by atoms with Crippen molar-refractivity contribution in [3.8, 4) is 0 Å². The zero-order chi connectivity index (χ0) is 16.0. The van der Waals surface area contributed by atoms with Gasteiger partial charge in [0.2, 0.25) is 15.9 Å². The molecule has 0 spiro atoms. The first-order valence-corrected chi connectivity index (χ1v) is 8.98. The number of benzene rings is 1. The molecule has 0 radical (unpaired) electrons. The van der Waals surface area contributed by atoms with Crippen molar-refractivity contribution < 1.29 is 13.2 Å². The number of nitrogens with one attached hydrogen (secondary N) is 2. The summed E-state index contributed by atoms with van der Waals surface area (Å²) in [4.78, 5) is 11.8. The SMILES string of the molecule is CNCCC(=O)NCc1ccc(S(=O)(=O)N2CCCC2)cc1. The highest BCUT2D eigenvalue weighted by atomic mass is 32.2. The van der Waals surface area contributed by atoms with E-state index in [1.165, 1.54) is 4.31 Å². The van der Waals surface area contributed by atoms with Gasteiger partial charge in [-0.15, -0.1) is 0 Å². The third kappa shape index (κ3) is 4.28. The first kappa shape index (κ1) is 16.9. The van der Waals surface area contributed by atoms with Crippen molar-refractivity contribution in [2.75, 3.05) is 26.7 Å². The van der Waals surface area contributed by atoms with E-state index in [1.807, 2.05) is 0 Å². The fourth-order valence-electron chi connectivity index (χ4n) is 2.38. The summed E-state index contributed by atoms with van der Waals surface area (Å²) in [5, 5.41) is 5.72. The molecule has 1 amide bonds. The largest absolute Gasteiger partial charge is 0.352 e. The lowest BCUT2D eigenvalue weighted by atomic mass is 10.2. The van der Waals surface area contributed by atoms with Gasteiger partial charge in [-0.3, -0.25) is 4.79 Å². The predicted octanol–water partition coefficient (Wildman–Crippen LogP) is 0.697. The van der Waals surface area contributed by atoms with Gasteiger partial charge in [0, 0.05) is 32.6 Å². The number of hydrogen-bond donors (Lipinski definition) is 2. The maximum Gasteiger partial charge on any atom is 0.243 e. The highest BCUT2D eigenvalue weighted by Gasteiger charge is 2.26. The lowest BCUT2D eigenvalue weighted by Crippen LogP contribution is -2.28. The molecule has 1 saturated heterocycles. The van der Waals surface area contributed by atoms with Crippen molar-refractivity contribution in [2.45, 2.75) is 30.7 Å². The Morgan fingerprint density at radius 2 is 1.82 bits per heavy atom. The summed E-state index contributed by atoms with van der Waals surface area (Å²) < 4.78 is 26.3. The fourth-order valence-corrected chi connectivity index (χ4v) is 3.90. The molecule has 0 aromatic heterocycles. The molecule has 1 aromatic rings. The molecule has 1 fully saturated rings. The van der Waals surface area contributed by atoms with Gasteiger partial charge in [-0.2, -0.15) is 4.31 Å². The van der Waals surface area contributed by atoms with Crippen LogP contribution in [0.5, 0.6) is 0 Å². The van der Waals surface area contributed by atoms with E-state index in [9.17, 15) is 13.2 Å². The molecule has 0 aliphatic carbocycles. The summed E-state index contributed by atoms with van der Waals surface area (Å²) in [7, 11) is -1.56. The second-order valence-corrected chi connectivity index (χ2v) is 7.32. The van der Waals surface area contributed by atoms with Crippen LogP contribution in [-0.2, 0) is 21.4 Å². The highest BCUT2D eigenvalue weighted by Crippen LogP contribution is 2.20. The van der Waals surface area contributed by atoms with Crippen molar-refractivity contribution >= 4 is 15.9 Å². The lowest BCUT2D eigenvalue weighted by Gasteiger charge is -2.15. The highest BCUT2D eigenvalue weighted by molar-refractivity contribution is 7.89. The minimum absolute atomic E-state index is 0.0249. The lowest BCUT2D eigenvalue weighted by molar-refractivity contribution is -0.121. The first-order chi connectivity index (χ1) is 10.5. The molecule has 2 N–H and O–H groups in total. The fraction of sp³-hybridized carbons (Fsp3) is 0.533. The number of sulfonamides is 1. The number of hydrogen-bond acceptors (Lipinski definition) is 4. The summed E-state index contributed by atoms with van der Waals surface area (Å²) >= 11 is 0. The third-order valence-electron chi connectivity index (χ3n) is 3.72. The van der Waals surface area contributed by atoms with Gasteiger partial charge in [0.25, 0.3) is 0 Å². The first-order valence-electron chi connectivity index (χ1n) is 7.54. The van der Waals surface area contributed by atoms with Crippen molar-refractivity contribution in [1.82, 2.24) is 14.9 Å². The van der Waals surface area contributed by atoms with Gasteiger partial charge in [0.15, 0.2) is 0 Å². The van der Waals surface area contributed by atoms with Gasteiger partial charge in [0.1, 0.15) is 0 Å². The molecule has 1 aliphatic heterocycles. The summed E-state index contributed by atoms with van der Waals surface area (Å²) in [6.07, 6.45) is 2.28. The Morgan fingerprint density at radius 3 is 2.41 bits per heavy atom. The van der Waals surface area contributed by atoms with Crippen LogP contribution in [0.4, 0.5) is 0 Å². The molecule has 22 heavy (non-hydrogen) atoms. The normalized spacial score (nSPS) is 15.9. The molecule has 0 saturated carbocycles. The van der Waals surface area contributed by atoms with Gasteiger partial charge in [-0.1, -0.05) is 12.1 Å². The van der Waals surface area contributed by atoms with Gasteiger partial charge in [-0.25, -0.2) is 8.42 Å². The predicted molar refractivity (Wildman–Crippen MR) is 84.8 cm³/mol. The molecule has 1 aromatic carbocycles. The van der Waals surface area contributed by atoms with Gasteiger partial charge in [0.05, 0.1) is 4.90 Å². The Bertz CT molecular complexity index is 593. The topological polar surface area (TPSA) is 78.5 Å². The number of nitrogens with zero attached hydrogens (tertiary/aromatic N) is 1. The average molecular weight is 325 g/mol. The molecule has 0 unspecified atom stereocenters. The molecule has 7 heteroatoms. The van der Waals surface area contributed by atoms with E-state index in [2.05, 4.69) is 10.6 Å². The molecule has 1 heterocycles. The van der Waals surface area contributed by atoms with E-state index in [-0.39, 0.29) is 5.91 Å². The zero-order valence-electron chi connectivity index (χ0n) is 12.8. The van der Waals surface area contributed by atoms with Crippen molar-refractivity contribution in [2.24, 2.45) is 0 Å². The number of carbonyl (C=O) groups is 1. The van der Waals surface area contributed by atoms with E-state index < -0.39 is 10.0 Å². The van der Waals surface area contributed by atoms with Gasteiger partial charge in [-0.05, 0) is 37.6 Å². The van der Waals surface area contributed by atoms with Crippen LogP contribution in [0.1, 0.15) is 24.8 Å². The van der Waals surface area contributed by atoms with E-state index in [4.69, 9.17) is 0 Å². The Hall–Kier alpha value is -1.44. The Kier molecular flexibility index (Phi) is 5.93. The minimum atomic E-state index is -3.36. The zero-order valence-corrected chi connectivity index (χ0v) is 13.7. The molecule has 2 rings (SSSR count). The molecular formula is C15H23N3O3S. The maximum absolute atomic E-state index is 12.4. The maximum atomic E-state index is 12.4. The van der Waals surface area contributed by atoms with Crippen molar-refractivity contribution in [3.63, 3.8) is 0 Å². The monoisotopic (exact) mass is 325 g/mol. The number of rotatable bonds is 7. The third-order valence-corrected chi connectivity index (χ3v) is 5.63. The Balaban J connectivity index is 1.94. The molecule has 0 atom stereocenters. The van der Waals surface area contributed by atoms with Crippen LogP contribution in [-0.4, -0.2) is 45.3 Å². The van der Waals surface area contributed by atoms with Crippen LogP contribution in [0, 0.1) is 0 Å². The van der Waals surface area contributed by atoms with Gasteiger partial charge < -0.3 is 10.6 Å². The summed E-state index contributed by atoms with van der Waals surface area (Å²) in [6.45, 7) is 2.25. The second-order valence-electron chi connectivity index (χ2n) is 5.39. The van der Waals surface area contributed by atoms with E-state index in [0.29, 0.717) is 37.5 Å². The Labute approximate surface area is 131 Å². The van der Waals surface area contributed by atoms with Crippen LogP contribution in [0.3, 0.4) is 0 Å². The molecule has 6 nitrogen and oxygen atoms in total. The summed E-state index contributed by atoms with van der Waals surface area (Å²) in [5.41, 5.74) is 0.887. The van der Waals surface area contributed by atoms with Crippen LogP contribution < -0.4 is 10.6 Å². The summed E-state index contributed by atoms with van der Waals surface area (Å²) in [6, 6.07) is 6.73.